The molecule has 0 aliphatic carbocycles. The molecule has 0 aromatic heterocycles. The summed E-state index contributed by atoms with van der Waals surface area (Å²) in [5, 5.41) is 9.14. The first-order chi connectivity index (χ1) is 13.3. The summed E-state index contributed by atoms with van der Waals surface area (Å²) in [6.45, 7) is 2.04. The van der Waals surface area contributed by atoms with Gasteiger partial charge < -0.3 is 10.6 Å². The molecule has 0 unspecified atom stereocenters. The summed E-state index contributed by atoms with van der Waals surface area (Å²) < 4.78 is 25.8. The Kier molecular flexibility index (Phi) is 5.98. The number of nitrogens with one attached hydrogen (secondary N) is 2. The van der Waals surface area contributed by atoms with E-state index < -0.39 is 10.0 Å². The Bertz CT molecular complexity index is 1110. The van der Waals surface area contributed by atoms with Crippen molar-refractivity contribution in [3.63, 3.8) is 0 Å². The zero-order valence-corrected chi connectivity index (χ0v) is 17.6. The maximum atomic E-state index is 12.3. The van der Waals surface area contributed by atoms with Gasteiger partial charge in [0.2, 0.25) is 10.0 Å². The number of rotatable bonds is 5. The Morgan fingerprint density at radius 3 is 2.43 bits per heavy atom. The van der Waals surface area contributed by atoms with Gasteiger partial charge in [-0.05, 0) is 53.7 Å². The highest BCUT2D eigenvalue weighted by Gasteiger charge is 2.17. The summed E-state index contributed by atoms with van der Waals surface area (Å²) in [6, 6.07) is 21.0. The molecule has 146 valence electrons. The van der Waals surface area contributed by atoms with E-state index in [4.69, 9.17) is 12.2 Å². The van der Waals surface area contributed by atoms with Crippen molar-refractivity contribution < 1.29 is 8.42 Å². The van der Waals surface area contributed by atoms with Gasteiger partial charge >= 0.3 is 0 Å². The summed E-state index contributed by atoms with van der Waals surface area (Å²) in [6.07, 6.45) is 0. The van der Waals surface area contributed by atoms with Gasteiger partial charge in [-0.2, -0.15) is 0 Å². The average Bonchev–Trinajstić information content (AvgIpc) is 2.67. The topological polar surface area (TPSA) is 61.4 Å². The molecule has 0 aliphatic heterocycles. The van der Waals surface area contributed by atoms with E-state index in [-0.39, 0.29) is 10.9 Å². The van der Waals surface area contributed by atoms with Crippen LogP contribution in [0.25, 0.3) is 10.8 Å². The SMILES string of the molecule is C[C@@H](NC(=S)Nc1cccc(S(=O)(=O)N(C)C)c1)c1cccc2ccccc12. The molecule has 28 heavy (non-hydrogen) atoms. The lowest BCUT2D eigenvalue weighted by Gasteiger charge is -2.19. The van der Waals surface area contributed by atoms with Crippen LogP contribution < -0.4 is 10.6 Å². The third kappa shape index (κ3) is 4.32. The second kappa shape index (κ2) is 8.26. The molecular weight excluding hydrogens is 390 g/mol. The molecule has 3 rings (SSSR count). The Labute approximate surface area is 171 Å². The van der Waals surface area contributed by atoms with Crippen LogP contribution >= 0.6 is 12.2 Å². The highest BCUT2D eigenvalue weighted by molar-refractivity contribution is 7.89. The van der Waals surface area contributed by atoms with E-state index in [0.717, 1.165) is 5.56 Å². The van der Waals surface area contributed by atoms with Gasteiger partial charge in [0.25, 0.3) is 0 Å². The molecule has 0 saturated heterocycles. The van der Waals surface area contributed by atoms with Gasteiger partial charge in [0.15, 0.2) is 5.11 Å². The second-order valence-electron chi connectivity index (χ2n) is 6.70. The van der Waals surface area contributed by atoms with Crippen molar-refractivity contribution in [1.29, 1.82) is 0 Å². The van der Waals surface area contributed by atoms with Crippen molar-refractivity contribution in [2.75, 3.05) is 19.4 Å². The number of hydrogen-bond donors (Lipinski definition) is 2. The number of sulfonamides is 1. The van der Waals surface area contributed by atoms with Crippen molar-refractivity contribution in [3.8, 4) is 0 Å². The molecule has 5 nitrogen and oxygen atoms in total. The van der Waals surface area contributed by atoms with Crippen molar-refractivity contribution in [2.24, 2.45) is 0 Å². The molecule has 0 radical (unpaired) electrons. The zero-order chi connectivity index (χ0) is 20.3. The molecule has 1 atom stereocenters. The number of thiocarbonyl (C=S) groups is 1. The van der Waals surface area contributed by atoms with E-state index in [9.17, 15) is 8.42 Å². The Balaban J connectivity index is 1.76. The monoisotopic (exact) mass is 413 g/mol. The van der Waals surface area contributed by atoms with Crippen molar-refractivity contribution in [3.05, 3.63) is 72.3 Å². The first-order valence-corrected chi connectivity index (χ1v) is 10.7. The summed E-state index contributed by atoms with van der Waals surface area (Å²) in [5.74, 6) is 0. The van der Waals surface area contributed by atoms with Crippen molar-refractivity contribution in [2.45, 2.75) is 17.9 Å². The van der Waals surface area contributed by atoms with Gasteiger partial charge in [-0.1, -0.05) is 48.5 Å². The molecule has 3 aromatic rings. The Hall–Kier alpha value is -2.48. The molecule has 0 heterocycles. The van der Waals surface area contributed by atoms with E-state index in [2.05, 4.69) is 34.9 Å². The molecule has 0 amide bonds. The number of hydrogen-bond acceptors (Lipinski definition) is 3. The molecule has 3 aromatic carbocycles. The van der Waals surface area contributed by atoms with Gasteiger partial charge in [0.1, 0.15) is 0 Å². The third-order valence-electron chi connectivity index (χ3n) is 4.51. The van der Waals surface area contributed by atoms with Crippen LogP contribution in [0.4, 0.5) is 5.69 Å². The largest absolute Gasteiger partial charge is 0.356 e. The molecule has 0 saturated carbocycles. The van der Waals surface area contributed by atoms with Crippen LogP contribution in [-0.4, -0.2) is 31.9 Å². The average molecular weight is 414 g/mol. The summed E-state index contributed by atoms with van der Waals surface area (Å²) in [4.78, 5) is 0.215. The second-order valence-corrected chi connectivity index (χ2v) is 9.26. The van der Waals surface area contributed by atoms with Gasteiger partial charge in [0, 0.05) is 19.8 Å². The van der Waals surface area contributed by atoms with Crippen LogP contribution in [0.2, 0.25) is 0 Å². The standard InChI is InChI=1S/C21H23N3O2S2/c1-15(19-13-6-9-16-8-4-5-12-20(16)19)22-21(27)23-17-10-7-11-18(14-17)28(25,26)24(2)3/h4-15H,1-3H3,(H2,22,23,27)/t15-/m1/s1. The summed E-state index contributed by atoms with van der Waals surface area (Å²) in [5.41, 5.74) is 1.76. The fourth-order valence-electron chi connectivity index (χ4n) is 3.01. The van der Waals surface area contributed by atoms with E-state index in [1.54, 1.807) is 24.3 Å². The first-order valence-electron chi connectivity index (χ1n) is 8.87. The minimum atomic E-state index is -3.50. The molecule has 0 spiro atoms. The lowest BCUT2D eigenvalue weighted by molar-refractivity contribution is 0.521. The molecule has 0 fully saturated rings. The fourth-order valence-corrected chi connectivity index (χ4v) is 4.26. The van der Waals surface area contributed by atoms with Crippen LogP contribution in [0.1, 0.15) is 18.5 Å². The number of nitrogens with zero attached hydrogens (tertiary/aromatic N) is 1. The molecule has 7 heteroatoms. The minimum Gasteiger partial charge on any atom is -0.356 e. The van der Waals surface area contributed by atoms with E-state index in [1.165, 1.54) is 29.2 Å². The summed E-state index contributed by atoms with van der Waals surface area (Å²) >= 11 is 5.44. The number of benzene rings is 3. The smallest absolute Gasteiger partial charge is 0.242 e. The summed E-state index contributed by atoms with van der Waals surface area (Å²) in [7, 11) is -0.481. The molecular formula is C21H23N3O2S2. The predicted octanol–water partition coefficient (Wildman–Crippen LogP) is 4.14. The Morgan fingerprint density at radius 2 is 1.68 bits per heavy atom. The van der Waals surface area contributed by atoms with E-state index >= 15 is 0 Å². The normalized spacial score (nSPS) is 12.7. The first kappa shape index (κ1) is 20.3. The zero-order valence-electron chi connectivity index (χ0n) is 16.0. The van der Waals surface area contributed by atoms with Crippen LogP contribution in [0.15, 0.2) is 71.6 Å². The minimum absolute atomic E-state index is 0.0141. The van der Waals surface area contributed by atoms with Crippen LogP contribution in [-0.2, 0) is 10.0 Å². The van der Waals surface area contributed by atoms with Gasteiger partial charge in [-0.15, -0.1) is 0 Å². The van der Waals surface area contributed by atoms with E-state index in [1.807, 2.05) is 25.1 Å². The molecule has 0 bridgehead atoms. The lowest BCUT2D eigenvalue weighted by Crippen LogP contribution is -2.31. The molecule has 2 N–H and O–H groups in total. The third-order valence-corrected chi connectivity index (χ3v) is 6.54. The predicted molar refractivity (Wildman–Crippen MR) is 119 cm³/mol. The maximum absolute atomic E-state index is 12.3. The maximum Gasteiger partial charge on any atom is 0.242 e. The van der Waals surface area contributed by atoms with Crippen LogP contribution in [0.3, 0.4) is 0 Å². The highest BCUT2D eigenvalue weighted by atomic mass is 32.2. The Morgan fingerprint density at radius 1 is 1.00 bits per heavy atom. The van der Waals surface area contributed by atoms with E-state index in [0.29, 0.717) is 10.8 Å². The number of anilines is 1. The lowest BCUT2D eigenvalue weighted by atomic mass is 10.00. The van der Waals surface area contributed by atoms with Crippen LogP contribution in [0.5, 0.6) is 0 Å². The highest BCUT2D eigenvalue weighted by Crippen LogP contribution is 2.24. The molecule has 0 aliphatic rings. The van der Waals surface area contributed by atoms with Crippen LogP contribution in [0, 0.1) is 0 Å². The van der Waals surface area contributed by atoms with Crippen molar-refractivity contribution in [1.82, 2.24) is 9.62 Å². The quantitative estimate of drug-likeness (QED) is 0.616. The van der Waals surface area contributed by atoms with Crippen molar-refractivity contribution >= 4 is 43.8 Å². The van der Waals surface area contributed by atoms with Gasteiger partial charge in [0.05, 0.1) is 10.9 Å². The van der Waals surface area contributed by atoms with Gasteiger partial charge in [-0.25, -0.2) is 12.7 Å². The van der Waals surface area contributed by atoms with Gasteiger partial charge in [-0.3, -0.25) is 0 Å². The number of fused-ring (bicyclic) bond motifs is 1. The fraction of sp³-hybridized carbons (Fsp3) is 0.190.